The normalized spacial score (nSPS) is 26.3. The summed E-state index contributed by atoms with van der Waals surface area (Å²) in [4.78, 5) is 0. The van der Waals surface area contributed by atoms with Crippen LogP contribution in [0.1, 0.15) is 12.5 Å². The lowest BCUT2D eigenvalue weighted by atomic mass is 9.95. The van der Waals surface area contributed by atoms with Crippen LogP contribution in [-0.2, 0) is 10.3 Å². The predicted molar refractivity (Wildman–Crippen MR) is 54.9 cm³/mol. The van der Waals surface area contributed by atoms with Crippen LogP contribution in [0.5, 0.6) is 0 Å². The van der Waals surface area contributed by atoms with Crippen LogP contribution in [0.4, 0.5) is 0 Å². The fourth-order valence-corrected chi connectivity index (χ4v) is 1.74. The monoisotopic (exact) mass is 190 g/mol. The minimum Gasteiger partial charge on any atom is -0.392 e. The zero-order chi connectivity index (χ0) is 10.0. The van der Waals surface area contributed by atoms with Gasteiger partial charge in [-0.05, 0) is 24.1 Å². The van der Waals surface area contributed by atoms with Gasteiger partial charge >= 0.3 is 0 Å². The van der Waals surface area contributed by atoms with E-state index >= 15 is 0 Å². The van der Waals surface area contributed by atoms with Gasteiger partial charge in [-0.3, -0.25) is 0 Å². The fourth-order valence-electron chi connectivity index (χ4n) is 1.74. The lowest BCUT2D eigenvalue weighted by molar-refractivity contribution is 0.0358. The van der Waals surface area contributed by atoms with Crippen molar-refractivity contribution in [3.63, 3.8) is 0 Å². The molecule has 0 unspecified atom stereocenters. The van der Waals surface area contributed by atoms with E-state index in [0.717, 1.165) is 11.1 Å². The highest BCUT2D eigenvalue weighted by atomic mass is 16.5. The van der Waals surface area contributed by atoms with Gasteiger partial charge in [0.1, 0.15) is 5.60 Å². The third-order valence-corrected chi connectivity index (χ3v) is 2.59. The van der Waals surface area contributed by atoms with Crippen molar-refractivity contribution in [1.29, 1.82) is 0 Å². The van der Waals surface area contributed by atoms with E-state index in [1.807, 2.05) is 43.3 Å². The maximum atomic E-state index is 9.00. The summed E-state index contributed by atoms with van der Waals surface area (Å²) >= 11 is 0. The van der Waals surface area contributed by atoms with Crippen molar-refractivity contribution in [3.8, 4) is 0 Å². The van der Waals surface area contributed by atoms with Crippen LogP contribution in [0.2, 0.25) is 0 Å². The van der Waals surface area contributed by atoms with E-state index in [4.69, 9.17) is 9.84 Å². The number of aliphatic hydroxyl groups excluding tert-OH is 1. The van der Waals surface area contributed by atoms with Crippen molar-refractivity contribution < 1.29 is 9.84 Å². The van der Waals surface area contributed by atoms with Crippen LogP contribution >= 0.6 is 0 Å². The average Bonchev–Trinajstić information content (AvgIpc) is 2.63. The summed E-state index contributed by atoms with van der Waals surface area (Å²) < 4.78 is 5.68. The first-order valence-corrected chi connectivity index (χ1v) is 4.75. The molecule has 1 aromatic rings. The molecule has 1 aliphatic heterocycles. The molecule has 0 aromatic heterocycles. The van der Waals surface area contributed by atoms with E-state index in [1.54, 1.807) is 0 Å². The SMILES string of the molecule is C[C@]1(c2ccccc2)C=C(CO)CO1. The fraction of sp³-hybridized carbons (Fsp3) is 0.333. The van der Waals surface area contributed by atoms with Crippen molar-refractivity contribution in [1.82, 2.24) is 0 Å². The lowest BCUT2D eigenvalue weighted by Gasteiger charge is -2.21. The second-order valence-corrected chi connectivity index (χ2v) is 3.72. The second kappa shape index (κ2) is 3.56. The Balaban J connectivity index is 2.31. The Labute approximate surface area is 83.8 Å². The Morgan fingerprint density at radius 2 is 2.07 bits per heavy atom. The van der Waals surface area contributed by atoms with Crippen molar-refractivity contribution in [2.24, 2.45) is 0 Å². The van der Waals surface area contributed by atoms with Gasteiger partial charge < -0.3 is 9.84 Å². The molecule has 0 spiro atoms. The van der Waals surface area contributed by atoms with Crippen LogP contribution in [0.3, 0.4) is 0 Å². The molecule has 0 saturated carbocycles. The summed E-state index contributed by atoms with van der Waals surface area (Å²) in [5.41, 5.74) is 1.72. The number of rotatable bonds is 2. The summed E-state index contributed by atoms with van der Waals surface area (Å²) in [7, 11) is 0. The Kier molecular flexibility index (Phi) is 2.40. The molecule has 74 valence electrons. The molecule has 1 aliphatic rings. The molecule has 2 nitrogen and oxygen atoms in total. The van der Waals surface area contributed by atoms with Gasteiger partial charge in [-0.1, -0.05) is 30.3 Å². The third kappa shape index (κ3) is 1.59. The minimum atomic E-state index is -0.362. The Morgan fingerprint density at radius 3 is 2.64 bits per heavy atom. The van der Waals surface area contributed by atoms with Crippen LogP contribution in [0, 0.1) is 0 Å². The van der Waals surface area contributed by atoms with Crippen molar-refractivity contribution in [2.45, 2.75) is 12.5 Å². The molecule has 0 amide bonds. The van der Waals surface area contributed by atoms with Gasteiger partial charge in [0.2, 0.25) is 0 Å². The largest absolute Gasteiger partial charge is 0.392 e. The first kappa shape index (κ1) is 9.44. The Morgan fingerprint density at radius 1 is 1.36 bits per heavy atom. The van der Waals surface area contributed by atoms with E-state index in [1.165, 1.54) is 0 Å². The summed E-state index contributed by atoms with van der Waals surface area (Å²) in [6, 6.07) is 10.1. The zero-order valence-electron chi connectivity index (χ0n) is 8.23. The molecular weight excluding hydrogens is 176 g/mol. The molecule has 0 radical (unpaired) electrons. The van der Waals surface area contributed by atoms with E-state index in [-0.39, 0.29) is 12.2 Å². The molecule has 1 atom stereocenters. The van der Waals surface area contributed by atoms with Gasteiger partial charge in [-0.15, -0.1) is 0 Å². The van der Waals surface area contributed by atoms with Crippen molar-refractivity contribution >= 4 is 0 Å². The molecule has 1 aromatic carbocycles. The Bertz CT molecular complexity index is 343. The number of aliphatic hydroxyl groups is 1. The van der Waals surface area contributed by atoms with E-state index in [9.17, 15) is 0 Å². The number of benzene rings is 1. The van der Waals surface area contributed by atoms with E-state index in [2.05, 4.69) is 0 Å². The number of ether oxygens (including phenoxy) is 1. The van der Waals surface area contributed by atoms with Crippen LogP contribution in [0.15, 0.2) is 42.0 Å². The molecule has 2 heteroatoms. The van der Waals surface area contributed by atoms with Crippen molar-refractivity contribution in [3.05, 3.63) is 47.5 Å². The van der Waals surface area contributed by atoms with Crippen LogP contribution in [-0.4, -0.2) is 18.3 Å². The first-order valence-electron chi connectivity index (χ1n) is 4.75. The highest BCUT2D eigenvalue weighted by Gasteiger charge is 2.30. The third-order valence-electron chi connectivity index (χ3n) is 2.59. The first-order chi connectivity index (χ1) is 6.74. The molecule has 0 fully saturated rings. The van der Waals surface area contributed by atoms with E-state index < -0.39 is 0 Å². The summed E-state index contributed by atoms with van der Waals surface area (Å²) in [5, 5.41) is 9.00. The molecular formula is C12H14O2. The average molecular weight is 190 g/mol. The van der Waals surface area contributed by atoms with Gasteiger partial charge in [0.15, 0.2) is 0 Å². The maximum Gasteiger partial charge on any atom is 0.109 e. The van der Waals surface area contributed by atoms with Crippen LogP contribution in [0.25, 0.3) is 0 Å². The smallest absolute Gasteiger partial charge is 0.109 e. The number of hydrogen-bond acceptors (Lipinski definition) is 2. The predicted octanol–water partition coefficient (Wildman–Crippen LogP) is 1.85. The lowest BCUT2D eigenvalue weighted by Crippen LogP contribution is -2.18. The highest BCUT2D eigenvalue weighted by molar-refractivity contribution is 5.31. The molecule has 14 heavy (non-hydrogen) atoms. The molecule has 2 rings (SSSR count). The quantitative estimate of drug-likeness (QED) is 0.721. The number of hydrogen-bond donors (Lipinski definition) is 1. The molecule has 0 saturated heterocycles. The summed E-state index contributed by atoms with van der Waals surface area (Å²) in [5.74, 6) is 0. The van der Waals surface area contributed by atoms with Crippen molar-refractivity contribution in [2.75, 3.05) is 13.2 Å². The zero-order valence-corrected chi connectivity index (χ0v) is 8.23. The summed E-state index contributed by atoms with van der Waals surface area (Å²) in [6.07, 6.45) is 2.00. The Hall–Kier alpha value is -1.12. The van der Waals surface area contributed by atoms with Gasteiger partial charge in [-0.25, -0.2) is 0 Å². The van der Waals surface area contributed by atoms with Gasteiger partial charge in [0, 0.05) is 0 Å². The van der Waals surface area contributed by atoms with Crippen LogP contribution < -0.4 is 0 Å². The highest BCUT2D eigenvalue weighted by Crippen LogP contribution is 2.32. The maximum absolute atomic E-state index is 9.00. The second-order valence-electron chi connectivity index (χ2n) is 3.72. The van der Waals surface area contributed by atoms with E-state index in [0.29, 0.717) is 6.61 Å². The standard InChI is InChI=1S/C12H14O2/c1-12(7-10(8-13)9-14-12)11-5-3-2-4-6-11/h2-7,13H,8-9H2,1H3/t12-/m1/s1. The molecule has 1 heterocycles. The summed E-state index contributed by atoms with van der Waals surface area (Å²) in [6.45, 7) is 2.63. The molecule has 1 N–H and O–H groups in total. The molecule has 0 aliphatic carbocycles. The minimum absolute atomic E-state index is 0.0857. The molecule has 0 bridgehead atoms. The van der Waals surface area contributed by atoms with Gasteiger partial charge in [-0.2, -0.15) is 0 Å². The van der Waals surface area contributed by atoms with Gasteiger partial charge in [0.05, 0.1) is 13.2 Å². The van der Waals surface area contributed by atoms with Gasteiger partial charge in [0.25, 0.3) is 0 Å². The topological polar surface area (TPSA) is 29.5 Å².